The van der Waals surface area contributed by atoms with Crippen molar-refractivity contribution in [2.45, 2.75) is 37.2 Å². The van der Waals surface area contributed by atoms with Crippen molar-refractivity contribution in [1.29, 1.82) is 0 Å². The number of likely N-dealkylation sites (tertiary alicyclic amines) is 1. The SMILES string of the molecule is COc1ccc(CN2C(=O)CC[C@@H]2COS(=O)(=O)c2ccc(C)cc2)cc1-c1cccc([N+](=O)[O-])c1. The van der Waals surface area contributed by atoms with E-state index in [2.05, 4.69) is 0 Å². The van der Waals surface area contributed by atoms with Crippen molar-refractivity contribution in [2.24, 2.45) is 0 Å². The highest BCUT2D eigenvalue weighted by atomic mass is 32.2. The average molecular weight is 511 g/mol. The molecule has 3 aromatic carbocycles. The van der Waals surface area contributed by atoms with Crippen LogP contribution in [0, 0.1) is 17.0 Å². The monoisotopic (exact) mass is 510 g/mol. The molecule has 4 rings (SSSR count). The lowest BCUT2D eigenvalue weighted by atomic mass is 10.0. The summed E-state index contributed by atoms with van der Waals surface area (Å²) in [5.74, 6) is 0.445. The van der Waals surface area contributed by atoms with Gasteiger partial charge in [-0.15, -0.1) is 0 Å². The molecular formula is C26H26N2O7S. The van der Waals surface area contributed by atoms with Crippen molar-refractivity contribution >= 4 is 21.7 Å². The Balaban J connectivity index is 1.53. The molecule has 1 amide bonds. The number of non-ortho nitro benzene ring substituents is 1. The van der Waals surface area contributed by atoms with E-state index >= 15 is 0 Å². The summed E-state index contributed by atoms with van der Waals surface area (Å²) in [7, 11) is -2.44. The van der Waals surface area contributed by atoms with E-state index in [9.17, 15) is 23.3 Å². The maximum absolute atomic E-state index is 12.6. The number of methoxy groups -OCH3 is 1. The minimum absolute atomic E-state index is 0.0401. The molecule has 1 heterocycles. The van der Waals surface area contributed by atoms with Gasteiger partial charge in [0, 0.05) is 30.7 Å². The lowest BCUT2D eigenvalue weighted by Crippen LogP contribution is -2.36. The number of nitrogens with zero attached hydrogens (tertiary/aromatic N) is 2. The Labute approximate surface area is 209 Å². The zero-order valence-electron chi connectivity index (χ0n) is 19.9. The summed E-state index contributed by atoms with van der Waals surface area (Å²) in [5, 5.41) is 11.2. The number of nitro benzene ring substituents is 1. The van der Waals surface area contributed by atoms with Crippen LogP contribution in [0.15, 0.2) is 71.6 Å². The Bertz CT molecular complexity index is 1390. The van der Waals surface area contributed by atoms with Crippen LogP contribution in [0.1, 0.15) is 24.0 Å². The lowest BCUT2D eigenvalue weighted by molar-refractivity contribution is -0.384. The molecule has 0 spiro atoms. The third-order valence-electron chi connectivity index (χ3n) is 6.16. The van der Waals surface area contributed by atoms with Crippen molar-refractivity contribution in [2.75, 3.05) is 13.7 Å². The number of benzene rings is 3. The first-order valence-corrected chi connectivity index (χ1v) is 12.8. The second-order valence-electron chi connectivity index (χ2n) is 8.61. The number of aryl methyl sites for hydroxylation is 1. The highest BCUT2D eigenvalue weighted by molar-refractivity contribution is 7.86. The summed E-state index contributed by atoms with van der Waals surface area (Å²) in [6, 6.07) is 17.6. The van der Waals surface area contributed by atoms with E-state index in [-0.39, 0.29) is 29.6 Å². The van der Waals surface area contributed by atoms with E-state index in [1.165, 1.54) is 31.4 Å². The van der Waals surface area contributed by atoms with Gasteiger partial charge in [-0.1, -0.05) is 35.9 Å². The number of nitro groups is 1. The van der Waals surface area contributed by atoms with Crippen LogP contribution in [-0.4, -0.2) is 43.9 Å². The van der Waals surface area contributed by atoms with Gasteiger partial charge in [0.05, 0.1) is 29.6 Å². The molecule has 0 aromatic heterocycles. The fourth-order valence-corrected chi connectivity index (χ4v) is 5.13. The summed E-state index contributed by atoms with van der Waals surface area (Å²) >= 11 is 0. The molecule has 9 nitrogen and oxygen atoms in total. The maximum atomic E-state index is 12.6. The predicted octanol–water partition coefficient (Wildman–Crippen LogP) is 4.48. The van der Waals surface area contributed by atoms with Crippen molar-refractivity contribution in [3.8, 4) is 16.9 Å². The Hall–Kier alpha value is -3.76. The van der Waals surface area contributed by atoms with Gasteiger partial charge in [0.2, 0.25) is 5.91 Å². The molecule has 0 unspecified atom stereocenters. The number of carbonyl (C=O) groups excluding carboxylic acids is 1. The molecular weight excluding hydrogens is 484 g/mol. The van der Waals surface area contributed by atoms with E-state index in [0.29, 0.717) is 29.7 Å². The third kappa shape index (κ3) is 5.55. The molecule has 1 atom stereocenters. The Kier molecular flexibility index (Phi) is 7.37. The van der Waals surface area contributed by atoms with Crippen LogP contribution in [0.2, 0.25) is 0 Å². The Morgan fingerprint density at radius 3 is 2.53 bits per heavy atom. The molecule has 1 aliphatic heterocycles. The molecule has 0 bridgehead atoms. The zero-order valence-corrected chi connectivity index (χ0v) is 20.7. The van der Waals surface area contributed by atoms with Gasteiger partial charge in [-0.05, 0) is 48.7 Å². The first kappa shape index (κ1) is 25.3. The fourth-order valence-electron chi connectivity index (χ4n) is 4.19. The number of hydrogen-bond acceptors (Lipinski definition) is 7. The first-order valence-electron chi connectivity index (χ1n) is 11.4. The molecule has 0 radical (unpaired) electrons. The topological polar surface area (TPSA) is 116 Å². The zero-order chi connectivity index (χ0) is 25.9. The highest BCUT2D eigenvalue weighted by Crippen LogP contribution is 2.34. The van der Waals surface area contributed by atoms with Crippen molar-refractivity contribution < 1.29 is 27.1 Å². The Morgan fingerprint density at radius 1 is 1.08 bits per heavy atom. The standard InChI is InChI=1S/C26H26N2O7S/c1-18-6-10-23(11-7-18)36(32,33)35-17-22-9-13-26(29)27(22)16-19-8-12-25(34-2)24(14-19)20-4-3-5-21(15-20)28(30)31/h3-8,10-12,14-15,22H,9,13,16-17H2,1-2H3/t22-/m1/s1. The van der Waals surface area contributed by atoms with Gasteiger partial charge in [-0.3, -0.25) is 19.1 Å². The van der Waals surface area contributed by atoms with E-state index in [4.69, 9.17) is 8.92 Å². The van der Waals surface area contributed by atoms with Gasteiger partial charge in [0.15, 0.2) is 0 Å². The predicted molar refractivity (Wildman–Crippen MR) is 133 cm³/mol. The van der Waals surface area contributed by atoms with Crippen molar-refractivity contribution in [3.63, 3.8) is 0 Å². The Morgan fingerprint density at radius 2 is 1.83 bits per heavy atom. The molecule has 188 valence electrons. The van der Waals surface area contributed by atoms with Gasteiger partial charge in [-0.2, -0.15) is 8.42 Å². The van der Waals surface area contributed by atoms with Crippen LogP contribution >= 0.6 is 0 Å². The molecule has 1 fully saturated rings. The van der Waals surface area contributed by atoms with E-state index < -0.39 is 21.1 Å². The normalized spacial score (nSPS) is 15.8. The maximum Gasteiger partial charge on any atom is 0.297 e. The average Bonchev–Trinajstić information content (AvgIpc) is 3.22. The molecule has 1 saturated heterocycles. The van der Waals surface area contributed by atoms with Gasteiger partial charge in [0.25, 0.3) is 15.8 Å². The molecule has 0 N–H and O–H groups in total. The van der Waals surface area contributed by atoms with E-state index in [1.54, 1.807) is 35.2 Å². The van der Waals surface area contributed by atoms with Crippen molar-refractivity contribution in [3.05, 3.63) is 88.0 Å². The van der Waals surface area contributed by atoms with Gasteiger partial charge in [0.1, 0.15) is 5.75 Å². The second-order valence-corrected chi connectivity index (χ2v) is 10.2. The summed E-state index contributed by atoms with van der Waals surface area (Å²) in [6.07, 6.45) is 0.780. The number of amides is 1. The van der Waals surface area contributed by atoms with Gasteiger partial charge >= 0.3 is 0 Å². The third-order valence-corrected chi connectivity index (χ3v) is 7.46. The van der Waals surface area contributed by atoms with Crippen LogP contribution < -0.4 is 4.74 Å². The number of carbonyl (C=O) groups is 1. The molecule has 3 aromatic rings. The van der Waals surface area contributed by atoms with Crippen LogP contribution in [-0.2, 0) is 25.6 Å². The van der Waals surface area contributed by atoms with Crippen LogP contribution in [0.3, 0.4) is 0 Å². The molecule has 10 heteroatoms. The minimum Gasteiger partial charge on any atom is -0.496 e. The summed E-state index contributed by atoms with van der Waals surface area (Å²) in [4.78, 5) is 25.1. The van der Waals surface area contributed by atoms with Crippen LogP contribution in [0.25, 0.3) is 11.1 Å². The van der Waals surface area contributed by atoms with Gasteiger partial charge < -0.3 is 9.64 Å². The quantitative estimate of drug-likeness (QED) is 0.237. The van der Waals surface area contributed by atoms with Crippen LogP contribution in [0.5, 0.6) is 5.75 Å². The molecule has 0 aliphatic carbocycles. The second kappa shape index (κ2) is 10.5. The summed E-state index contributed by atoms with van der Waals surface area (Å²) in [5.41, 5.74) is 2.94. The number of ether oxygens (including phenoxy) is 1. The smallest absolute Gasteiger partial charge is 0.297 e. The summed E-state index contributed by atoms with van der Waals surface area (Å²) < 4.78 is 36.0. The van der Waals surface area contributed by atoms with E-state index in [0.717, 1.165) is 11.1 Å². The van der Waals surface area contributed by atoms with Crippen LogP contribution in [0.4, 0.5) is 5.69 Å². The lowest BCUT2D eigenvalue weighted by Gasteiger charge is -2.25. The number of hydrogen-bond donors (Lipinski definition) is 0. The molecule has 1 aliphatic rings. The first-order chi connectivity index (χ1) is 17.2. The minimum atomic E-state index is -3.95. The largest absolute Gasteiger partial charge is 0.496 e. The molecule has 0 saturated carbocycles. The highest BCUT2D eigenvalue weighted by Gasteiger charge is 2.33. The van der Waals surface area contributed by atoms with E-state index in [1.807, 2.05) is 19.1 Å². The number of rotatable bonds is 9. The fraction of sp³-hybridized carbons (Fsp3) is 0.269. The molecule has 36 heavy (non-hydrogen) atoms. The van der Waals surface area contributed by atoms with Crippen molar-refractivity contribution in [1.82, 2.24) is 4.90 Å². The van der Waals surface area contributed by atoms with Gasteiger partial charge in [-0.25, -0.2) is 0 Å². The summed E-state index contributed by atoms with van der Waals surface area (Å²) in [6.45, 7) is 1.96.